The number of rotatable bonds is 6. The number of benzene rings is 2. The minimum absolute atomic E-state index is 0.101. The molecule has 134 valence electrons. The van der Waals surface area contributed by atoms with Crippen molar-refractivity contribution in [2.45, 2.75) is 11.4 Å². The number of sulfonamides is 1. The first kappa shape index (κ1) is 18.2. The summed E-state index contributed by atoms with van der Waals surface area (Å²) in [5.41, 5.74) is 0.832. The summed E-state index contributed by atoms with van der Waals surface area (Å²) < 4.78 is 40.6. The maximum absolute atomic E-state index is 13.6. The molecule has 0 aliphatic rings. The van der Waals surface area contributed by atoms with Gasteiger partial charge in [0.1, 0.15) is 11.6 Å². The molecule has 0 aliphatic carbocycles. The van der Waals surface area contributed by atoms with Crippen molar-refractivity contribution >= 4 is 33.1 Å². The van der Waals surface area contributed by atoms with Crippen molar-refractivity contribution in [2.24, 2.45) is 0 Å². The van der Waals surface area contributed by atoms with Crippen LogP contribution in [-0.4, -0.2) is 13.4 Å². The first-order valence-electron chi connectivity index (χ1n) is 7.66. The number of nitrogens with zero attached hydrogens (tertiary/aromatic N) is 1. The van der Waals surface area contributed by atoms with Gasteiger partial charge < -0.3 is 5.32 Å². The summed E-state index contributed by atoms with van der Waals surface area (Å²) in [5.74, 6) is 0.204. The predicted octanol–water partition coefficient (Wildman–Crippen LogP) is 4.29. The van der Waals surface area contributed by atoms with E-state index in [1.807, 2.05) is 0 Å². The fourth-order valence-corrected chi connectivity index (χ4v) is 3.38. The predicted molar refractivity (Wildman–Crippen MR) is 100 cm³/mol. The number of anilines is 2. The molecule has 0 spiro atoms. The molecule has 0 fully saturated rings. The Morgan fingerprint density at radius 2 is 1.73 bits per heavy atom. The van der Waals surface area contributed by atoms with E-state index in [-0.39, 0.29) is 17.3 Å². The second kappa shape index (κ2) is 7.72. The average molecular weight is 392 g/mol. The van der Waals surface area contributed by atoms with Crippen LogP contribution in [0.1, 0.15) is 5.56 Å². The van der Waals surface area contributed by atoms with Crippen LogP contribution >= 0.6 is 11.6 Å². The Morgan fingerprint density at radius 1 is 1.00 bits per heavy atom. The maximum atomic E-state index is 13.6. The zero-order valence-electron chi connectivity index (χ0n) is 13.5. The van der Waals surface area contributed by atoms with Crippen LogP contribution in [0.4, 0.5) is 15.9 Å². The second-order valence-corrected chi connectivity index (χ2v) is 7.56. The van der Waals surface area contributed by atoms with Gasteiger partial charge in [-0.2, -0.15) is 0 Å². The smallest absolute Gasteiger partial charge is 0.261 e. The molecule has 1 aromatic heterocycles. The standard InChI is InChI=1S/C18H15ClFN3O2S/c19-14-5-8-16(9-6-14)26(24,25)23-15-7-10-18(22-12-15)21-11-13-3-1-2-4-17(13)20/h1-10,12,23H,11H2,(H,21,22). The summed E-state index contributed by atoms with van der Waals surface area (Å²) in [6.07, 6.45) is 1.39. The zero-order valence-corrected chi connectivity index (χ0v) is 15.1. The molecule has 8 heteroatoms. The third-order valence-electron chi connectivity index (χ3n) is 3.56. The molecular weight excluding hydrogens is 377 g/mol. The Morgan fingerprint density at radius 3 is 2.38 bits per heavy atom. The molecule has 0 radical (unpaired) electrons. The van der Waals surface area contributed by atoms with Gasteiger partial charge in [0.05, 0.1) is 16.8 Å². The number of nitrogens with one attached hydrogen (secondary N) is 2. The fraction of sp³-hybridized carbons (Fsp3) is 0.0556. The lowest BCUT2D eigenvalue weighted by molar-refractivity contribution is 0.601. The molecule has 0 saturated carbocycles. The molecule has 2 aromatic carbocycles. The van der Waals surface area contributed by atoms with Gasteiger partial charge in [0.25, 0.3) is 10.0 Å². The van der Waals surface area contributed by atoms with Crippen LogP contribution in [0.3, 0.4) is 0 Å². The van der Waals surface area contributed by atoms with Gasteiger partial charge in [-0.1, -0.05) is 29.8 Å². The van der Waals surface area contributed by atoms with Crippen molar-refractivity contribution in [3.05, 3.63) is 83.3 Å². The van der Waals surface area contributed by atoms with E-state index >= 15 is 0 Å². The number of hydrogen-bond donors (Lipinski definition) is 2. The SMILES string of the molecule is O=S(=O)(Nc1ccc(NCc2ccccc2F)nc1)c1ccc(Cl)cc1. The summed E-state index contributed by atoms with van der Waals surface area (Å²) in [7, 11) is -3.72. The van der Waals surface area contributed by atoms with E-state index in [2.05, 4.69) is 15.0 Å². The molecule has 2 N–H and O–H groups in total. The average Bonchev–Trinajstić information content (AvgIpc) is 2.62. The zero-order chi connectivity index (χ0) is 18.6. The van der Waals surface area contributed by atoms with E-state index in [9.17, 15) is 12.8 Å². The van der Waals surface area contributed by atoms with Crippen LogP contribution in [0.5, 0.6) is 0 Å². The van der Waals surface area contributed by atoms with Crippen molar-refractivity contribution in [2.75, 3.05) is 10.0 Å². The third kappa shape index (κ3) is 4.50. The van der Waals surface area contributed by atoms with Gasteiger partial charge in [-0.15, -0.1) is 0 Å². The summed E-state index contributed by atoms with van der Waals surface area (Å²) in [5, 5.41) is 3.44. The second-order valence-electron chi connectivity index (χ2n) is 5.44. The molecule has 0 unspecified atom stereocenters. The van der Waals surface area contributed by atoms with Gasteiger partial charge in [-0.3, -0.25) is 4.72 Å². The van der Waals surface area contributed by atoms with Crippen molar-refractivity contribution in [1.82, 2.24) is 4.98 Å². The van der Waals surface area contributed by atoms with E-state index < -0.39 is 10.0 Å². The maximum Gasteiger partial charge on any atom is 0.261 e. The summed E-state index contributed by atoms with van der Waals surface area (Å²) in [6, 6.07) is 15.5. The molecule has 1 heterocycles. The van der Waals surface area contributed by atoms with E-state index in [1.54, 1.807) is 30.3 Å². The quantitative estimate of drug-likeness (QED) is 0.657. The molecular formula is C18H15ClFN3O2S. The van der Waals surface area contributed by atoms with Crippen molar-refractivity contribution in [1.29, 1.82) is 0 Å². The lowest BCUT2D eigenvalue weighted by atomic mass is 10.2. The molecule has 3 aromatic rings. The Bertz CT molecular complexity index is 994. The van der Waals surface area contributed by atoms with Crippen LogP contribution in [0.25, 0.3) is 0 Å². The topological polar surface area (TPSA) is 71.1 Å². The molecule has 0 bridgehead atoms. The van der Waals surface area contributed by atoms with Crippen LogP contribution in [-0.2, 0) is 16.6 Å². The van der Waals surface area contributed by atoms with Crippen LogP contribution < -0.4 is 10.0 Å². The molecule has 0 saturated heterocycles. The van der Waals surface area contributed by atoms with Crippen LogP contribution in [0.15, 0.2) is 71.8 Å². The Hall–Kier alpha value is -2.64. The van der Waals surface area contributed by atoms with Gasteiger partial charge in [0, 0.05) is 17.1 Å². The number of halogens is 2. The fourth-order valence-electron chi connectivity index (χ4n) is 2.21. The van der Waals surface area contributed by atoms with Gasteiger partial charge >= 0.3 is 0 Å². The lowest BCUT2D eigenvalue weighted by Gasteiger charge is -2.10. The van der Waals surface area contributed by atoms with Crippen molar-refractivity contribution < 1.29 is 12.8 Å². The molecule has 0 aliphatic heterocycles. The Kier molecular flexibility index (Phi) is 5.39. The lowest BCUT2D eigenvalue weighted by Crippen LogP contribution is -2.13. The number of aromatic nitrogens is 1. The number of hydrogen-bond acceptors (Lipinski definition) is 4. The van der Waals surface area contributed by atoms with Gasteiger partial charge in [0.15, 0.2) is 0 Å². The van der Waals surface area contributed by atoms with Gasteiger partial charge in [-0.05, 0) is 42.5 Å². The highest BCUT2D eigenvalue weighted by Crippen LogP contribution is 2.19. The first-order chi connectivity index (χ1) is 12.4. The van der Waals surface area contributed by atoms with Gasteiger partial charge in [0.2, 0.25) is 0 Å². The van der Waals surface area contributed by atoms with Crippen LogP contribution in [0.2, 0.25) is 5.02 Å². The Balaban J connectivity index is 1.66. The van der Waals surface area contributed by atoms with Crippen LogP contribution in [0, 0.1) is 5.82 Å². The number of pyridine rings is 1. The first-order valence-corrected chi connectivity index (χ1v) is 9.52. The monoisotopic (exact) mass is 391 g/mol. The van der Waals surface area contributed by atoms with E-state index in [0.717, 1.165) is 0 Å². The summed E-state index contributed by atoms with van der Waals surface area (Å²) in [6.45, 7) is 0.273. The van der Waals surface area contributed by atoms with E-state index in [1.165, 1.54) is 36.5 Å². The molecule has 5 nitrogen and oxygen atoms in total. The molecule has 26 heavy (non-hydrogen) atoms. The highest BCUT2D eigenvalue weighted by molar-refractivity contribution is 7.92. The van der Waals surface area contributed by atoms with Crippen molar-refractivity contribution in [3.8, 4) is 0 Å². The molecule has 0 atom stereocenters. The minimum atomic E-state index is -3.72. The summed E-state index contributed by atoms with van der Waals surface area (Å²) in [4.78, 5) is 4.23. The third-order valence-corrected chi connectivity index (χ3v) is 5.21. The Labute approximate surface area is 155 Å². The minimum Gasteiger partial charge on any atom is -0.366 e. The van der Waals surface area contributed by atoms with Crippen molar-refractivity contribution in [3.63, 3.8) is 0 Å². The van der Waals surface area contributed by atoms with E-state index in [0.29, 0.717) is 22.1 Å². The highest BCUT2D eigenvalue weighted by Gasteiger charge is 2.14. The largest absolute Gasteiger partial charge is 0.366 e. The van der Waals surface area contributed by atoms with E-state index in [4.69, 9.17) is 11.6 Å². The molecule has 0 amide bonds. The van der Waals surface area contributed by atoms with Gasteiger partial charge in [-0.25, -0.2) is 17.8 Å². The highest BCUT2D eigenvalue weighted by atomic mass is 35.5. The summed E-state index contributed by atoms with van der Waals surface area (Å²) >= 11 is 5.77. The molecule has 3 rings (SSSR count). The normalized spacial score (nSPS) is 11.2.